The summed E-state index contributed by atoms with van der Waals surface area (Å²) in [6, 6.07) is 26.5. The Morgan fingerprint density at radius 1 is 0.739 bits per heavy atom. The molecule has 1 nitrogen and oxygen atoms in total. The van der Waals surface area contributed by atoms with Gasteiger partial charge in [0.2, 0.25) is 0 Å². The van der Waals surface area contributed by atoms with Crippen molar-refractivity contribution in [3.8, 4) is 11.1 Å². The lowest BCUT2D eigenvalue weighted by Crippen LogP contribution is -1.80. The fourth-order valence-corrected chi connectivity index (χ4v) is 3.15. The molecule has 2 aliphatic rings. The molecule has 23 heavy (non-hydrogen) atoms. The molecule has 110 valence electrons. The minimum atomic E-state index is 0.760. The Morgan fingerprint density at radius 3 is 2.39 bits per heavy atom. The molecular weight excluding hydrogens is 302 g/mol. The van der Waals surface area contributed by atoms with Crippen LogP contribution < -0.4 is 0 Å². The Balaban J connectivity index is 1.81. The van der Waals surface area contributed by atoms with Gasteiger partial charge in [-0.2, -0.15) is 0 Å². The largest absolute Gasteiger partial charge is 0.256 e. The van der Waals surface area contributed by atoms with E-state index in [0.29, 0.717) is 0 Å². The molecule has 0 fully saturated rings. The van der Waals surface area contributed by atoms with Gasteiger partial charge < -0.3 is 0 Å². The van der Waals surface area contributed by atoms with E-state index in [1.807, 2.05) is 60.8 Å². The van der Waals surface area contributed by atoms with E-state index >= 15 is 0 Å². The standard InChI is InChI=1S/C21H14ClN/c22-20-13-16(17-9-2-1-3-11-19(17)20)14-23-21-12-6-8-15-7-4-5-10-18(15)21/h1-14H. The maximum Gasteiger partial charge on any atom is 0.0708 e. The van der Waals surface area contributed by atoms with Gasteiger partial charge >= 0.3 is 0 Å². The molecule has 0 spiro atoms. The van der Waals surface area contributed by atoms with Crippen molar-refractivity contribution in [3.63, 3.8) is 0 Å². The Bertz CT molecular complexity index is 982. The first-order valence-corrected chi connectivity index (χ1v) is 7.90. The Hall–Kier alpha value is -2.64. The SMILES string of the molecule is Clc1cc(C=Nc2cccc3ccccc23)c2cccccc1-2. The Kier molecular flexibility index (Phi) is 3.57. The third kappa shape index (κ3) is 2.60. The summed E-state index contributed by atoms with van der Waals surface area (Å²) in [4.78, 5) is 4.70. The lowest BCUT2D eigenvalue weighted by Gasteiger charge is -2.01. The summed E-state index contributed by atoms with van der Waals surface area (Å²) in [6.45, 7) is 0. The minimum Gasteiger partial charge on any atom is -0.256 e. The van der Waals surface area contributed by atoms with Crippen LogP contribution in [-0.2, 0) is 0 Å². The average Bonchev–Trinajstić information content (AvgIpc) is 2.77. The topological polar surface area (TPSA) is 12.4 Å². The molecule has 0 aliphatic heterocycles. The number of fused-ring (bicyclic) bond motifs is 2. The smallest absolute Gasteiger partial charge is 0.0708 e. The molecule has 0 atom stereocenters. The average molecular weight is 316 g/mol. The lowest BCUT2D eigenvalue weighted by atomic mass is 10.1. The molecule has 0 radical (unpaired) electrons. The van der Waals surface area contributed by atoms with Gasteiger partial charge in [-0.1, -0.05) is 78.3 Å². The maximum absolute atomic E-state index is 6.35. The number of rotatable bonds is 2. The van der Waals surface area contributed by atoms with E-state index in [1.54, 1.807) is 0 Å². The third-order valence-corrected chi connectivity index (χ3v) is 4.31. The first-order valence-electron chi connectivity index (χ1n) is 7.52. The van der Waals surface area contributed by atoms with Crippen LogP contribution in [0, 0.1) is 0 Å². The van der Waals surface area contributed by atoms with Crippen LogP contribution in [0.3, 0.4) is 0 Å². The summed E-state index contributed by atoms with van der Waals surface area (Å²) in [5.74, 6) is 0. The van der Waals surface area contributed by atoms with Gasteiger partial charge in [0.05, 0.1) is 5.69 Å². The number of hydrogen-bond acceptors (Lipinski definition) is 1. The molecule has 0 saturated heterocycles. The number of aliphatic imine (C=N–C) groups is 1. The summed E-state index contributed by atoms with van der Waals surface area (Å²) in [7, 11) is 0. The highest BCUT2D eigenvalue weighted by atomic mass is 35.5. The van der Waals surface area contributed by atoms with Crippen LogP contribution in [0.1, 0.15) is 5.56 Å². The summed E-state index contributed by atoms with van der Waals surface area (Å²) >= 11 is 6.35. The lowest BCUT2D eigenvalue weighted by molar-refractivity contribution is 1.57. The van der Waals surface area contributed by atoms with E-state index in [4.69, 9.17) is 16.6 Å². The number of hydrogen-bond donors (Lipinski definition) is 0. The zero-order valence-electron chi connectivity index (χ0n) is 12.4. The van der Waals surface area contributed by atoms with Crippen LogP contribution in [0.15, 0.2) is 83.9 Å². The molecule has 2 aromatic carbocycles. The maximum atomic E-state index is 6.35. The molecule has 2 aromatic rings. The highest BCUT2D eigenvalue weighted by Crippen LogP contribution is 2.35. The van der Waals surface area contributed by atoms with Gasteiger partial charge in [-0.15, -0.1) is 0 Å². The fraction of sp³-hybridized carbons (Fsp3) is 0. The van der Waals surface area contributed by atoms with Crippen molar-refractivity contribution in [1.29, 1.82) is 0 Å². The molecule has 0 saturated carbocycles. The predicted molar refractivity (Wildman–Crippen MR) is 99.3 cm³/mol. The van der Waals surface area contributed by atoms with Crippen molar-refractivity contribution in [1.82, 2.24) is 0 Å². The van der Waals surface area contributed by atoms with Crippen molar-refractivity contribution in [2.24, 2.45) is 4.99 Å². The highest BCUT2D eigenvalue weighted by molar-refractivity contribution is 6.34. The molecule has 0 bridgehead atoms. The van der Waals surface area contributed by atoms with Gasteiger partial charge in [0.25, 0.3) is 0 Å². The highest BCUT2D eigenvalue weighted by Gasteiger charge is 2.11. The molecule has 0 N–H and O–H groups in total. The van der Waals surface area contributed by atoms with Gasteiger partial charge in [0.1, 0.15) is 0 Å². The fourth-order valence-electron chi connectivity index (χ4n) is 2.87. The van der Waals surface area contributed by atoms with Crippen molar-refractivity contribution in [3.05, 3.63) is 89.4 Å². The summed E-state index contributed by atoms with van der Waals surface area (Å²) in [5.41, 5.74) is 4.17. The van der Waals surface area contributed by atoms with Crippen LogP contribution in [0.25, 0.3) is 21.9 Å². The molecular formula is C21H14ClN. The van der Waals surface area contributed by atoms with E-state index in [-0.39, 0.29) is 0 Å². The van der Waals surface area contributed by atoms with Gasteiger partial charge in [0, 0.05) is 27.8 Å². The first kappa shape index (κ1) is 14.0. The molecule has 0 amide bonds. The molecule has 0 heterocycles. The predicted octanol–water partition coefficient (Wildman–Crippen LogP) is 6.35. The zero-order chi connectivity index (χ0) is 15.6. The molecule has 2 aliphatic carbocycles. The van der Waals surface area contributed by atoms with Crippen molar-refractivity contribution in [2.75, 3.05) is 0 Å². The van der Waals surface area contributed by atoms with Crippen LogP contribution in [0.2, 0.25) is 5.02 Å². The molecule has 2 heteroatoms. The first-order chi connectivity index (χ1) is 11.3. The molecule has 4 rings (SSSR count). The summed E-state index contributed by atoms with van der Waals surface area (Å²) < 4.78 is 0. The Morgan fingerprint density at radius 2 is 1.48 bits per heavy atom. The van der Waals surface area contributed by atoms with E-state index in [0.717, 1.165) is 32.8 Å². The minimum absolute atomic E-state index is 0.760. The van der Waals surface area contributed by atoms with E-state index in [2.05, 4.69) is 24.3 Å². The second-order valence-corrected chi connectivity index (χ2v) is 5.85. The monoisotopic (exact) mass is 315 g/mol. The van der Waals surface area contributed by atoms with Crippen LogP contribution >= 0.6 is 11.6 Å². The van der Waals surface area contributed by atoms with E-state index < -0.39 is 0 Å². The van der Waals surface area contributed by atoms with E-state index in [1.165, 1.54) is 5.39 Å². The number of benzene rings is 2. The summed E-state index contributed by atoms with van der Waals surface area (Å²) in [5, 5.41) is 3.10. The van der Waals surface area contributed by atoms with Crippen LogP contribution in [0.5, 0.6) is 0 Å². The number of halogens is 1. The normalized spacial score (nSPS) is 11.5. The second kappa shape index (κ2) is 5.86. The van der Waals surface area contributed by atoms with Crippen molar-refractivity contribution < 1.29 is 0 Å². The quantitative estimate of drug-likeness (QED) is 0.382. The van der Waals surface area contributed by atoms with Crippen molar-refractivity contribution in [2.45, 2.75) is 0 Å². The van der Waals surface area contributed by atoms with Crippen LogP contribution in [0.4, 0.5) is 5.69 Å². The van der Waals surface area contributed by atoms with Crippen molar-refractivity contribution >= 4 is 34.3 Å². The second-order valence-electron chi connectivity index (χ2n) is 5.44. The number of nitrogens with zero attached hydrogens (tertiary/aromatic N) is 1. The molecule has 0 unspecified atom stereocenters. The van der Waals surface area contributed by atoms with Gasteiger partial charge in [-0.25, -0.2) is 0 Å². The van der Waals surface area contributed by atoms with Gasteiger partial charge in [0.15, 0.2) is 0 Å². The third-order valence-electron chi connectivity index (χ3n) is 4.00. The van der Waals surface area contributed by atoms with E-state index in [9.17, 15) is 0 Å². The van der Waals surface area contributed by atoms with Gasteiger partial charge in [-0.3, -0.25) is 4.99 Å². The molecule has 0 aromatic heterocycles. The van der Waals surface area contributed by atoms with Gasteiger partial charge in [-0.05, 0) is 23.1 Å². The Labute approximate surface area is 140 Å². The van der Waals surface area contributed by atoms with Crippen LogP contribution in [-0.4, -0.2) is 6.21 Å². The summed E-state index contributed by atoms with van der Waals surface area (Å²) in [6.07, 6.45) is 1.90. The zero-order valence-corrected chi connectivity index (χ0v) is 13.2.